The maximum Gasteiger partial charge on any atom is 0.0239 e. The molecule has 19 heavy (non-hydrogen) atoms. The number of likely N-dealkylation sites (N-methyl/N-ethyl adjacent to an activating group) is 1. The number of rotatable bonds is 9. The maximum absolute atomic E-state index is 3.83. The predicted molar refractivity (Wildman–Crippen MR) is 84.4 cm³/mol. The van der Waals surface area contributed by atoms with Gasteiger partial charge in [0.1, 0.15) is 0 Å². The van der Waals surface area contributed by atoms with Crippen LogP contribution in [0.2, 0.25) is 0 Å². The highest BCUT2D eigenvalue weighted by Crippen LogP contribution is 2.12. The van der Waals surface area contributed by atoms with Crippen LogP contribution in [0.4, 0.5) is 0 Å². The number of hydrogen-bond donors (Lipinski definition) is 1. The van der Waals surface area contributed by atoms with E-state index in [2.05, 4.69) is 61.8 Å². The van der Waals surface area contributed by atoms with Crippen molar-refractivity contribution in [2.75, 3.05) is 19.6 Å². The lowest BCUT2D eigenvalue weighted by Crippen LogP contribution is -2.26. The summed E-state index contributed by atoms with van der Waals surface area (Å²) in [5.74, 6) is 0. The molecule has 0 aliphatic rings. The van der Waals surface area contributed by atoms with Gasteiger partial charge in [-0.3, -0.25) is 4.90 Å². The summed E-state index contributed by atoms with van der Waals surface area (Å²) in [6.07, 6.45) is 3.08. The van der Waals surface area contributed by atoms with Gasteiger partial charge in [0, 0.05) is 19.1 Å². The van der Waals surface area contributed by atoms with Crippen molar-refractivity contribution in [1.82, 2.24) is 10.2 Å². The molecule has 2 heteroatoms. The zero-order valence-electron chi connectivity index (χ0n) is 12.7. The van der Waals surface area contributed by atoms with E-state index in [0.29, 0.717) is 6.04 Å². The van der Waals surface area contributed by atoms with E-state index >= 15 is 0 Å². The summed E-state index contributed by atoms with van der Waals surface area (Å²) in [6, 6.07) is 9.32. The lowest BCUT2D eigenvalue weighted by Gasteiger charge is -2.20. The Morgan fingerprint density at radius 2 is 1.95 bits per heavy atom. The first-order valence-electron chi connectivity index (χ1n) is 7.30. The van der Waals surface area contributed by atoms with Gasteiger partial charge in [0.25, 0.3) is 0 Å². The van der Waals surface area contributed by atoms with Crippen molar-refractivity contribution in [2.45, 2.75) is 39.8 Å². The van der Waals surface area contributed by atoms with Crippen molar-refractivity contribution in [3.63, 3.8) is 0 Å². The van der Waals surface area contributed by atoms with Crippen molar-refractivity contribution in [3.05, 3.63) is 48.0 Å². The quantitative estimate of drug-likeness (QED) is 0.686. The van der Waals surface area contributed by atoms with Gasteiger partial charge in [-0.2, -0.15) is 0 Å². The van der Waals surface area contributed by atoms with Crippen LogP contribution >= 0.6 is 0 Å². The van der Waals surface area contributed by atoms with Gasteiger partial charge in [-0.1, -0.05) is 51.1 Å². The van der Waals surface area contributed by atoms with Gasteiger partial charge in [-0.05, 0) is 30.6 Å². The number of nitrogens with one attached hydrogen (secondary N) is 1. The van der Waals surface area contributed by atoms with Crippen LogP contribution in [0.1, 0.15) is 31.9 Å². The molecule has 0 radical (unpaired) electrons. The van der Waals surface area contributed by atoms with Crippen LogP contribution < -0.4 is 5.32 Å². The minimum Gasteiger partial charge on any atom is -0.314 e. The van der Waals surface area contributed by atoms with E-state index < -0.39 is 0 Å². The molecule has 106 valence electrons. The fraction of sp³-hybridized carbons (Fsp3) is 0.529. The van der Waals surface area contributed by atoms with E-state index in [1.54, 1.807) is 0 Å². The molecular weight excluding hydrogens is 232 g/mol. The third-order valence-corrected chi connectivity index (χ3v) is 3.29. The molecule has 0 unspecified atom stereocenters. The molecule has 0 aliphatic carbocycles. The summed E-state index contributed by atoms with van der Waals surface area (Å²) >= 11 is 0. The van der Waals surface area contributed by atoms with E-state index in [4.69, 9.17) is 0 Å². The average Bonchev–Trinajstić information content (AvgIpc) is 2.39. The van der Waals surface area contributed by atoms with Crippen LogP contribution in [0.25, 0.3) is 0 Å². The second-order valence-electron chi connectivity index (χ2n) is 5.24. The van der Waals surface area contributed by atoms with Crippen molar-refractivity contribution in [1.29, 1.82) is 0 Å². The summed E-state index contributed by atoms with van der Waals surface area (Å²) in [5, 5.41) is 3.48. The van der Waals surface area contributed by atoms with E-state index in [1.807, 2.05) is 6.08 Å². The minimum absolute atomic E-state index is 0.556. The Kier molecular flexibility index (Phi) is 7.46. The second kappa shape index (κ2) is 8.89. The van der Waals surface area contributed by atoms with Crippen LogP contribution in [0.3, 0.4) is 0 Å². The van der Waals surface area contributed by atoms with Crippen molar-refractivity contribution >= 4 is 0 Å². The Labute approximate surface area is 118 Å². The molecule has 1 aromatic rings. The van der Waals surface area contributed by atoms with E-state index in [-0.39, 0.29) is 0 Å². The average molecular weight is 260 g/mol. The summed E-state index contributed by atoms with van der Waals surface area (Å²) < 4.78 is 0. The third kappa shape index (κ3) is 6.04. The SMILES string of the molecule is C=CCN(CC)Cc1ccccc1CCNC(C)C. The first-order valence-corrected chi connectivity index (χ1v) is 7.30. The molecule has 1 N–H and O–H groups in total. The highest BCUT2D eigenvalue weighted by molar-refractivity contribution is 5.27. The number of hydrogen-bond acceptors (Lipinski definition) is 2. The molecule has 0 saturated heterocycles. The van der Waals surface area contributed by atoms with Gasteiger partial charge in [-0.15, -0.1) is 6.58 Å². The van der Waals surface area contributed by atoms with Crippen LogP contribution in [0.15, 0.2) is 36.9 Å². The summed E-state index contributed by atoms with van der Waals surface area (Å²) in [7, 11) is 0. The Balaban J connectivity index is 2.63. The largest absolute Gasteiger partial charge is 0.314 e. The molecule has 0 saturated carbocycles. The van der Waals surface area contributed by atoms with Crippen LogP contribution in [-0.4, -0.2) is 30.6 Å². The first kappa shape index (κ1) is 15.9. The second-order valence-corrected chi connectivity index (χ2v) is 5.24. The predicted octanol–water partition coefficient (Wildman–Crippen LogP) is 3.24. The van der Waals surface area contributed by atoms with Crippen molar-refractivity contribution in [2.24, 2.45) is 0 Å². The molecule has 0 fully saturated rings. The monoisotopic (exact) mass is 260 g/mol. The van der Waals surface area contributed by atoms with Gasteiger partial charge in [0.05, 0.1) is 0 Å². The van der Waals surface area contributed by atoms with Crippen LogP contribution in [0, 0.1) is 0 Å². The summed E-state index contributed by atoms with van der Waals surface area (Å²) in [6.45, 7) is 14.5. The maximum atomic E-state index is 3.83. The lowest BCUT2D eigenvalue weighted by atomic mass is 10.0. The molecule has 1 aromatic carbocycles. The van der Waals surface area contributed by atoms with Gasteiger partial charge in [0.2, 0.25) is 0 Å². The number of nitrogens with zero attached hydrogens (tertiary/aromatic N) is 1. The molecule has 0 heterocycles. The van der Waals surface area contributed by atoms with Crippen LogP contribution in [-0.2, 0) is 13.0 Å². The topological polar surface area (TPSA) is 15.3 Å². The molecule has 1 rings (SSSR count). The Hall–Kier alpha value is -1.12. The molecule has 2 nitrogen and oxygen atoms in total. The lowest BCUT2D eigenvalue weighted by molar-refractivity contribution is 0.310. The van der Waals surface area contributed by atoms with Crippen molar-refractivity contribution < 1.29 is 0 Å². The molecular formula is C17H28N2. The molecule has 0 amide bonds. The summed E-state index contributed by atoms with van der Waals surface area (Å²) in [5.41, 5.74) is 2.90. The number of benzene rings is 1. The molecule has 0 aliphatic heterocycles. The van der Waals surface area contributed by atoms with E-state index in [9.17, 15) is 0 Å². The van der Waals surface area contributed by atoms with Gasteiger partial charge in [0.15, 0.2) is 0 Å². The highest BCUT2D eigenvalue weighted by Gasteiger charge is 2.06. The fourth-order valence-corrected chi connectivity index (χ4v) is 2.18. The van der Waals surface area contributed by atoms with Crippen LogP contribution in [0.5, 0.6) is 0 Å². The van der Waals surface area contributed by atoms with Crippen molar-refractivity contribution in [3.8, 4) is 0 Å². The van der Waals surface area contributed by atoms with E-state index in [0.717, 1.165) is 32.6 Å². The molecule has 0 bridgehead atoms. The zero-order valence-corrected chi connectivity index (χ0v) is 12.7. The Morgan fingerprint density at radius 3 is 2.53 bits per heavy atom. The molecule has 0 spiro atoms. The third-order valence-electron chi connectivity index (χ3n) is 3.29. The fourth-order valence-electron chi connectivity index (χ4n) is 2.18. The summed E-state index contributed by atoms with van der Waals surface area (Å²) in [4.78, 5) is 2.40. The van der Waals surface area contributed by atoms with E-state index in [1.165, 1.54) is 11.1 Å². The first-order chi connectivity index (χ1) is 9.17. The highest BCUT2D eigenvalue weighted by atomic mass is 15.1. The normalized spacial score (nSPS) is 11.2. The Bertz CT molecular complexity index is 371. The minimum atomic E-state index is 0.556. The van der Waals surface area contributed by atoms with Gasteiger partial charge < -0.3 is 5.32 Å². The van der Waals surface area contributed by atoms with Gasteiger partial charge in [-0.25, -0.2) is 0 Å². The zero-order chi connectivity index (χ0) is 14.1. The smallest absolute Gasteiger partial charge is 0.0239 e. The van der Waals surface area contributed by atoms with Gasteiger partial charge >= 0.3 is 0 Å². The Morgan fingerprint density at radius 1 is 1.26 bits per heavy atom. The molecule has 0 atom stereocenters. The molecule has 0 aromatic heterocycles. The standard InChI is InChI=1S/C17H28N2/c1-5-13-19(6-2)14-17-10-8-7-9-16(17)11-12-18-15(3)4/h5,7-10,15,18H,1,6,11-14H2,2-4H3.